The molecule has 0 atom stereocenters. The van der Waals surface area contributed by atoms with Crippen LogP contribution in [0.1, 0.15) is 5.56 Å². The lowest BCUT2D eigenvalue weighted by atomic mass is 9.89. The summed E-state index contributed by atoms with van der Waals surface area (Å²) < 4.78 is 0. The highest BCUT2D eigenvalue weighted by atomic mass is 14.6. The highest BCUT2D eigenvalue weighted by molar-refractivity contribution is 6.16. The van der Waals surface area contributed by atoms with Crippen molar-refractivity contribution in [2.75, 3.05) is 0 Å². The van der Waals surface area contributed by atoms with Crippen LogP contribution in [0.4, 0.5) is 0 Å². The normalized spacial score (nSPS) is 11.0. The van der Waals surface area contributed by atoms with Crippen molar-refractivity contribution in [2.45, 2.75) is 0 Å². The molecule has 0 aliphatic rings. The van der Waals surface area contributed by atoms with Gasteiger partial charge in [0.15, 0.2) is 0 Å². The number of pyridine rings is 1. The molecule has 120 valence electrons. The summed E-state index contributed by atoms with van der Waals surface area (Å²) in [5.41, 5.74) is 4.16. The first-order chi connectivity index (χ1) is 12.9. The van der Waals surface area contributed by atoms with Crippen LogP contribution in [-0.4, -0.2) is 4.98 Å². The van der Waals surface area contributed by atoms with Crippen LogP contribution in [0.25, 0.3) is 43.6 Å². The van der Waals surface area contributed by atoms with Gasteiger partial charge in [-0.2, -0.15) is 0 Å². The second-order valence-electron chi connectivity index (χ2n) is 6.40. The molecule has 0 saturated carbocycles. The van der Waals surface area contributed by atoms with Gasteiger partial charge >= 0.3 is 0 Å². The number of terminal acetylenes is 1. The van der Waals surface area contributed by atoms with Gasteiger partial charge in [0.25, 0.3) is 0 Å². The standard InChI is InChI=1S/C25H15N/c1-2-17-12-13-18-7-3-4-10-21(18)23(17)22-11-5-8-19-14-15-20-9-6-16-26-25(20)24(19)22/h1,3-16H. The van der Waals surface area contributed by atoms with Crippen LogP contribution in [-0.2, 0) is 0 Å². The van der Waals surface area contributed by atoms with Crippen LogP contribution in [0.2, 0.25) is 0 Å². The first-order valence-corrected chi connectivity index (χ1v) is 8.62. The van der Waals surface area contributed by atoms with Gasteiger partial charge in [0.1, 0.15) is 0 Å². The summed E-state index contributed by atoms with van der Waals surface area (Å²) in [6, 6.07) is 27.2. The average Bonchev–Trinajstić information content (AvgIpc) is 2.72. The van der Waals surface area contributed by atoms with E-state index in [1.165, 1.54) is 16.2 Å². The molecule has 0 amide bonds. The van der Waals surface area contributed by atoms with Crippen LogP contribution >= 0.6 is 0 Å². The minimum Gasteiger partial charge on any atom is -0.256 e. The van der Waals surface area contributed by atoms with Gasteiger partial charge in [-0.1, -0.05) is 72.7 Å². The summed E-state index contributed by atoms with van der Waals surface area (Å²) >= 11 is 0. The molecule has 5 aromatic rings. The Kier molecular flexibility index (Phi) is 3.23. The smallest absolute Gasteiger partial charge is 0.0786 e. The Hall–Kier alpha value is -3.63. The van der Waals surface area contributed by atoms with Gasteiger partial charge in [-0.25, -0.2) is 0 Å². The highest BCUT2D eigenvalue weighted by Crippen LogP contribution is 2.38. The fourth-order valence-electron chi connectivity index (χ4n) is 3.80. The zero-order valence-corrected chi connectivity index (χ0v) is 14.1. The van der Waals surface area contributed by atoms with Crippen LogP contribution in [0.3, 0.4) is 0 Å². The van der Waals surface area contributed by atoms with E-state index >= 15 is 0 Å². The monoisotopic (exact) mass is 329 g/mol. The molecule has 0 saturated heterocycles. The predicted octanol–water partition coefficient (Wildman–Crippen LogP) is 6.19. The Morgan fingerprint density at radius 3 is 2.38 bits per heavy atom. The summed E-state index contributed by atoms with van der Waals surface area (Å²) in [5.74, 6) is 2.88. The fraction of sp³-hybridized carbons (Fsp3) is 0. The lowest BCUT2D eigenvalue weighted by Gasteiger charge is -2.14. The van der Waals surface area contributed by atoms with Gasteiger partial charge in [0.05, 0.1) is 5.52 Å². The molecule has 5 rings (SSSR count). The van der Waals surface area contributed by atoms with E-state index in [4.69, 9.17) is 6.42 Å². The second-order valence-corrected chi connectivity index (χ2v) is 6.40. The molecule has 1 heteroatoms. The molecule has 0 aliphatic carbocycles. The van der Waals surface area contributed by atoms with E-state index in [0.29, 0.717) is 0 Å². The molecular formula is C25H15N. The van der Waals surface area contributed by atoms with Crippen molar-refractivity contribution >= 4 is 32.4 Å². The molecule has 0 bridgehead atoms. The zero-order valence-electron chi connectivity index (χ0n) is 14.1. The molecule has 1 heterocycles. The summed E-state index contributed by atoms with van der Waals surface area (Å²) in [6.07, 6.45) is 7.72. The van der Waals surface area contributed by atoms with Crippen molar-refractivity contribution in [2.24, 2.45) is 0 Å². The minimum atomic E-state index is 0.907. The first-order valence-electron chi connectivity index (χ1n) is 8.62. The summed E-state index contributed by atoms with van der Waals surface area (Å²) in [6.45, 7) is 0. The Morgan fingerprint density at radius 2 is 1.46 bits per heavy atom. The summed E-state index contributed by atoms with van der Waals surface area (Å²) in [5, 5.41) is 5.81. The van der Waals surface area contributed by atoms with Crippen molar-refractivity contribution in [1.29, 1.82) is 0 Å². The molecular weight excluding hydrogens is 314 g/mol. The lowest BCUT2D eigenvalue weighted by molar-refractivity contribution is 1.43. The van der Waals surface area contributed by atoms with Gasteiger partial charge in [-0.15, -0.1) is 6.42 Å². The summed E-state index contributed by atoms with van der Waals surface area (Å²) in [7, 11) is 0. The Bertz CT molecular complexity index is 1340. The Labute approximate surface area is 151 Å². The van der Waals surface area contributed by atoms with Crippen molar-refractivity contribution in [3.8, 4) is 23.5 Å². The van der Waals surface area contributed by atoms with Crippen molar-refractivity contribution in [3.05, 3.63) is 90.6 Å². The van der Waals surface area contributed by atoms with Crippen LogP contribution in [0.15, 0.2) is 85.1 Å². The van der Waals surface area contributed by atoms with Crippen molar-refractivity contribution in [3.63, 3.8) is 0 Å². The van der Waals surface area contributed by atoms with Gasteiger partial charge in [-0.05, 0) is 33.9 Å². The Balaban J connectivity index is 2.03. The van der Waals surface area contributed by atoms with E-state index in [1.54, 1.807) is 0 Å². The van der Waals surface area contributed by atoms with E-state index in [0.717, 1.165) is 33.0 Å². The molecule has 0 radical (unpaired) electrons. The topological polar surface area (TPSA) is 12.9 Å². The van der Waals surface area contributed by atoms with Crippen molar-refractivity contribution in [1.82, 2.24) is 4.98 Å². The second kappa shape index (κ2) is 5.72. The zero-order chi connectivity index (χ0) is 17.5. The predicted molar refractivity (Wildman–Crippen MR) is 110 cm³/mol. The van der Waals surface area contributed by atoms with Gasteiger partial charge in [0, 0.05) is 28.1 Å². The lowest BCUT2D eigenvalue weighted by Crippen LogP contribution is -1.90. The Morgan fingerprint density at radius 1 is 0.692 bits per heavy atom. The third-order valence-corrected chi connectivity index (χ3v) is 4.97. The average molecular weight is 329 g/mol. The third-order valence-electron chi connectivity index (χ3n) is 4.97. The summed E-state index contributed by atoms with van der Waals surface area (Å²) in [4.78, 5) is 4.68. The molecule has 1 nitrogen and oxygen atoms in total. The van der Waals surface area contributed by atoms with Crippen LogP contribution < -0.4 is 0 Å². The maximum absolute atomic E-state index is 5.87. The van der Waals surface area contributed by atoms with Crippen molar-refractivity contribution < 1.29 is 0 Å². The molecule has 4 aromatic carbocycles. The molecule has 0 spiro atoms. The molecule has 0 aliphatic heterocycles. The number of nitrogens with zero attached hydrogens (tertiary/aromatic N) is 1. The minimum absolute atomic E-state index is 0.907. The molecule has 0 fully saturated rings. The maximum atomic E-state index is 5.87. The third kappa shape index (κ3) is 2.10. The van der Waals surface area contributed by atoms with E-state index < -0.39 is 0 Å². The molecule has 1 aromatic heterocycles. The first kappa shape index (κ1) is 14.7. The van der Waals surface area contributed by atoms with Gasteiger partial charge in [-0.3, -0.25) is 4.98 Å². The molecule has 26 heavy (non-hydrogen) atoms. The van der Waals surface area contributed by atoms with E-state index in [2.05, 4.69) is 77.6 Å². The maximum Gasteiger partial charge on any atom is 0.0786 e. The van der Waals surface area contributed by atoms with E-state index in [1.807, 2.05) is 18.3 Å². The SMILES string of the molecule is C#Cc1ccc2ccccc2c1-c1cccc2ccc3cccnc3c12. The number of rotatable bonds is 1. The molecule has 0 unspecified atom stereocenters. The number of hydrogen-bond acceptors (Lipinski definition) is 1. The number of aromatic nitrogens is 1. The quantitative estimate of drug-likeness (QED) is 0.264. The van der Waals surface area contributed by atoms with E-state index in [9.17, 15) is 0 Å². The van der Waals surface area contributed by atoms with Gasteiger partial charge in [0.2, 0.25) is 0 Å². The number of hydrogen-bond donors (Lipinski definition) is 0. The number of benzene rings is 4. The largest absolute Gasteiger partial charge is 0.256 e. The fourth-order valence-corrected chi connectivity index (χ4v) is 3.80. The van der Waals surface area contributed by atoms with E-state index in [-0.39, 0.29) is 0 Å². The molecule has 0 N–H and O–H groups in total. The van der Waals surface area contributed by atoms with Gasteiger partial charge < -0.3 is 0 Å². The number of fused-ring (bicyclic) bond motifs is 4. The van der Waals surface area contributed by atoms with Crippen LogP contribution in [0, 0.1) is 12.3 Å². The van der Waals surface area contributed by atoms with Crippen LogP contribution in [0.5, 0.6) is 0 Å². The highest BCUT2D eigenvalue weighted by Gasteiger charge is 2.14.